The summed E-state index contributed by atoms with van der Waals surface area (Å²) in [6.07, 6.45) is 2.97. The molecule has 3 aromatic rings. The van der Waals surface area contributed by atoms with Gasteiger partial charge in [0.05, 0.1) is 11.7 Å². The second-order valence-electron chi connectivity index (χ2n) is 8.63. The second kappa shape index (κ2) is 11.7. The van der Waals surface area contributed by atoms with E-state index >= 15 is 0 Å². The maximum atomic E-state index is 12.0. The summed E-state index contributed by atoms with van der Waals surface area (Å²) in [6, 6.07) is 15.4. The van der Waals surface area contributed by atoms with Gasteiger partial charge in [0.2, 0.25) is 0 Å². The number of aliphatic hydroxyl groups is 1. The fraction of sp³-hybridized carbons (Fsp3) is 0.296. The summed E-state index contributed by atoms with van der Waals surface area (Å²) in [5, 5.41) is 36.1. The summed E-state index contributed by atoms with van der Waals surface area (Å²) in [5.74, 6) is 1.21. The minimum atomic E-state index is -0.598. The molecule has 10 heteroatoms. The van der Waals surface area contributed by atoms with Crippen molar-refractivity contribution in [3.05, 3.63) is 65.0 Å². The highest BCUT2D eigenvalue weighted by molar-refractivity contribution is 7.98. The van der Waals surface area contributed by atoms with E-state index in [9.17, 15) is 20.4 Å². The molecule has 0 radical (unpaired) electrons. The second-order valence-corrected chi connectivity index (χ2v) is 9.60. The molecule has 0 saturated heterocycles. The highest BCUT2D eigenvalue weighted by atomic mass is 32.2. The van der Waals surface area contributed by atoms with Gasteiger partial charge in [-0.2, -0.15) is 10.5 Å². The van der Waals surface area contributed by atoms with Gasteiger partial charge in [0, 0.05) is 30.6 Å². The number of nitrogens with one attached hydrogen (secondary N) is 2. The van der Waals surface area contributed by atoms with E-state index in [1.165, 1.54) is 11.8 Å². The lowest BCUT2D eigenvalue weighted by Gasteiger charge is -2.16. The van der Waals surface area contributed by atoms with Gasteiger partial charge in [-0.3, -0.25) is 9.78 Å². The van der Waals surface area contributed by atoms with Crippen LogP contribution in [0.3, 0.4) is 0 Å². The van der Waals surface area contributed by atoms with Gasteiger partial charge in [-0.25, -0.2) is 4.98 Å². The van der Waals surface area contributed by atoms with Gasteiger partial charge < -0.3 is 20.5 Å². The summed E-state index contributed by atoms with van der Waals surface area (Å²) in [4.78, 5) is 20.8. The van der Waals surface area contributed by atoms with E-state index in [2.05, 4.69) is 27.8 Å². The minimum Gasteiger partial charge on any atom is -0.491 e. The molecule has 1 aliphatic rings. The van der Waals surface area contributed by atoms with Crippen LogP contribution in [-0.4, -0.2) is 46.8 Å². The molecule has 9 nitrogen and oxygen atoms in total. The molecule has 0 aliphatic heterocycles. The lowest BCUT2D eigenvalue weighted by atomic mass is 9.96. The Morgan fingerprint density at radius 1 is 1.22 bits per heavy atom. The number of thioether (sulfide) groups is 1. The number of carbonyl (C=O) groups excluding carboxylic acids is 1. The zero-order valence-electron chi connectivity index (χ0n) is 20.5. The van der Waals surface area contributed by atoms with Crippen molar-refractivity contribution in [2.45, 2.75) is 42.7 Å². The lowest BCUT2D eigenvalue weighted by molar-refractivity contribution is 0.0958. The molecule has 3 N–H and O–H groups in total. The molecule has 1 unspecified atom stereocenters. The molecular weight excluding hydrogens is 488 g/mol. The number of hydrogen-bond acceptors (Lipinski definition) is 9. The van der Waals surface area contributed by atoms with E-state index in [0.29, 0.717) is 50.3 Å². The third-order valence-corrected chi connectivity index (χ3v) is 6.65. The smallest absolute Gasteiger partial charge is 0.269 e. The number of rotatable bonds is 10. The molecule has 1 atom stereocenters. The molecule has 1 saturated carbocycles. The van der Waals surface area contributed by atoms with Crippen molar-refractivity contribution >= 4 is 23.5 Å². The Balaban J connectivity index is 1.72. The molecule has 0 spiro atoms. The van der Waals surface area contributed by atoms with Crippen LogP contribution in [0.15, 0.2) is 47.6 Å². The highest BCUT2D eigenvalue weighted by Gasteiger charge is 2.27. The van der Waals surface area contributed by atoms with Crippen molar-refractivity contribution in [3.63, 3.8) is 0 Å². The molecular formula is C27H26N6O3S. The van der Waals surface area contributed by atoms with Crippen LogP contribution in [0.25, 0.3) is 11.1 Å². The predicted molar refractivity (Wildman–Crippen MR) is 140 cm³/mol. The van der Waals surface area contributed by atoms with Crippen molar-refractivity contribution in [1.29, 1.82) is 10.5 Å². The first-order chi connectivity index (χ1) is 17.9. The number of amides is 1. The van der Waals surface area contributed by atoms with E-state index in [1.807, 2.05) is 6.07 Å². The van der Waals surface area contributed by atoms with Crippen LogP contribution in [0.1, 0.15) is 46.9 Å². The van der Waals surface area contributed by atoms with Crippen molar-refractivity contribution in [2.75, 3.05) is 19.0 Å². The van der Waals surface area contributed by atoms with Crippen LogP contribution < -0.4 is 15.4 Å². The van der Waals surface area contributed by atoms with Crippen molar-refractivity contribution in [2.24, 2.45) is 0 Å². The number of aromatic nitrogens is 2. The Bertz CT molecular complexity index is 1370. The maximum Gasteiger partial charge on any atom is 0.269 e. The van der Waals surface area contributed by atoms with E-state index in [1.54, 1.807) is 50.5 Å². The number of nitrogens with zero attached hydrogens (tertiary/aromatic N) is 4. The number of nitriles is 2. The van der Waals surface area contributed by atoms with Gasteiger partial charge in [0.1, 0.15) is 46.6 Å². The van der Waals surface area contributed by atoms with Gasteiger partial charge in [-0.15, -0.1) is 11.8 Å². The van der Waals surface area contributed by atoms with E-state index in [-0.39, 0.29) is 18.6 Å². The van der Waals surface area contributed by atoms with Gasteiger partial charge >= 0.3 is 0 Å². The van der Waals surface area contributed by atoms with Crippen LogP contribution in [0.5, 0.6) is 5.75 Å². The molecule has 4 rings (SSSR count). The van der Waals surface area contributed by atoms with Crippen LogP contribution in [0, 0.1) is 22.7 Å². The average Bonchev–Trinajstić information content (AvgIpc) is 3.74. The first-order valence-corrected chi connectivity index (χ1v) is 12.8. The topological polar surface area (TPSA) is 144 Å². The Hall–Kier alpha value is -4.12. The quantitative estimate of drug-likeness (QED) is 0.343. The van der Waals surface area contributed by atoms with Crippen molar-refractivity contribution < 1.29 is 14.6 Å². The standard InChI is InChI=1S/C27H26N6O3S/c1-16(34)14-36-20-7-3-18(4-8-20)24-21(12-28)25(32-19-5-6-19)33-27(22(24)13-29)37-15-17-9-10-31-23(11-17)26(35)30-2/h3-4,7-11,16,19,34H,5-6,14-15H2,1-2H3,(H,30,35)(H,32,33). The SMILES string of the molecule is CNC(=O)c1cc(CSc2nc(NC3CC3)c(C#N)c(-c3ccc(OCC(C)O)cc3)c2C#N)ccn1. The summed E-state index contributed by atoms with van der Waals surface area (Å²) in [7, 11) is 1.55. The maximum absolute atomic E-state index is 12.0. The molecule has 37 heavy (non-hydrogen) atoms. The average molecular weight is 515 g/mol. The molecule has 1 fully saturated rings. The highest BCUT2D eigenvalue weighted by Crippen LogP contribution is 2.39. The van der Waals surface area contributed by atoms with E-state index < -0.39 is 6.10 Å². The number of benzene rings is 1. The number of carbonyl (C=O) groups is 1. The number of pyridine rings is 2. The number of anilines is 1. The van der Waals surface area contributed by atoms with Crippen LogP contribution in [0.2, 0.25) is 0 Å². The molecule has 0 bridgehead atoms. The van der Waals surface area contributed by atoms with Crippen molar-refractivity contribution in [3.8, 4) is 29.0 Å². The van der Waals surface area contributed by atoms with Gasteiger partial charge in [-0.1, -0.05) is 12.1 Å². The Morgan fingerprint density at radius 2 is 1.95 bits per heavy atom. The fourth-order valence-electron chi connectivity index (χ4n) is 3.60. The lowest BCUT2D eigenvalue weighted by Crippen LogP contribution is -2.19. The normalized spacial score (nSPS) is 13.2. The van der Waals surface area contributed by atoms with Crippen LogP contribution >= 0.6 is 11.8 Å². The Labute approximate surface area is 219 Å². The Morgan fingerprint density at radius 3 is 2.57 bits per heavy atom. The molecule has 1 aliphatic carbocycles. The molecule has 2 aromatic heterocycles. The van der Waals surface area contributed by atoms with Crippen LogP contribution in [0.4, 0.5) is 5.82 Å². The van der Waals surface area contributed by atoms with Crippen LogP contribution in [-0.2, 0) is 5.75 Å². The monoisotopic (exact) mass is 514 g/mol. The predicted octanol–water partition coefficient (Wildman–Crippen LogP) is 3.87. The number of ether oxygens (including phenoxy) is 1. The summed E-state index contributed by atoms with van der Waals surface area (Å²) in [6.45, 7) is 1.80. The van der Waals surface area contributed by atoms with Gasteiger partial charge in [0.25, 0.3) is 5.91 Å². The summed E-state index contributed by atoms with van der Waals surface area (Å²) in [5.41, 5.74) is 2.98. The number of hydrogen-bond donors (Lipinski definition) is 3. The first-order valence-electron chi connectivity index (χ1n) is 11.8. The third-order valence-electron chi connectivity index (χ3n) is 5.60. The summed E-state index contributed by atoms with van der Waals surface area (Å²) < 4.78 is 5.56. The molecule has 188 valence electrons. The first kappa shape index (κ1) is 26.0. The zero-order chi connectivity index (χ0) is 26.4. The van der Waals surface area contributed by atoms with Gasteiger partial charge in [-0.05, 0) is 55.2 Å². The molecule has 2 heterocycles. The minimum absolute atomic E-state index is 0.161. The summed E-state index contributed by atoms with van der Waals surface area (Å²) >= 11 is 1.36. The van der Waals surface area contributed by atoms with E-state index in [0.717, 1.165) is 18.4 Å². The molecule has 1 amide bonds. The van der Waals surface area contributed by atoms with E-state index in [4.69, 9.17) is 9.72 Å². The fourth-order valence-corrected chi connectivity index (χ4v) is 4.53. The van der Waals surface area contributed by atoms with Crippen molar-refractivity contribution in [1.82, 2.24) is 15.3 Å². The third kappa shape index (κ3) is 6.36. The Kier molecular flexibility index (Phi) is 8.24. The number of aliphatic hydroxyl groups excluding tert-OH is 1. The largest absolute Gasteiger partial charge is 0.491 e. The zero-order valence-corrected chi connectivity index (χ0v) is 21.3. The van der Waals surface area contributed by atoms with Gasteiger partial charge in [0.15, 0.2) is 0 Å². The molecule has 1 aromatic carbocycles.